The first-order valence-corrected chi connectivity index (χ1v) is 5.75. The Labute approximate surface area is 99.0 Å². The SMILES string of the molecule is Clc1ccccc1-n1ncc2c1CNCC2. The van der Waals surface area contributed by atoms with Gasteiger partial charge in [0.15, 0.2) is 0 Å². The van der Waals surface area contributed by atoms with Gasteiger partial charge < -0.3 is 5.32 Å². The molecule has 1 aromatic heterocycles. The van der Waals surface area contributed by atoms with Crippen LogP contribution < -0.4 is 5.32 Å². The Balaban J connectivity index is 2.13. The van der Waals surface area contributed by atoms with Gasteiger partial charge in [-0.15, -0.1) is 0 Å². The van der Waals surface area contributed by atoms with Crippen molar-refractivity contribution in [3.05, 3.63) is 46.7 Å². The molecule has 1 aromatic carbocycles. The number of hydrogen-bond donors (Lipinski definition) is 1. The zero-order valence-corrected chi connectivity index (χ0v) is 9.54. The minimum atomic E-state index is 0.735. The number of nitrogens with zero attached hydrogens (tertiary/aromatic N) is 2. The molecule has 1 aliphatic rings. The van der Waals surface area contributed by atoms with Crippen molar-refractivity contribution in [2.45, 2.75) is 13.0 Å². The summed E-state index contributed by atoms with van der Waals surface area (Å²) in [6.07, 6.45) is 2.99. The zero-order valence-electron chi connectivity index (χ0n) is 8.78. The minimum Gasteiger partial charge on any atom is -0.311 e. The topological polar surface area (TPSA) is 29.9 Å². The average Bonchev–Trinajstić information content (AvgIpc) is 2.74. The minimum absolute atomic E-state index is 0.735. The van der Waals surface area contributed by atoms with E-state index in [0.29, 0.717) is 0 Å². The quantitative estimate of drug-likeness (QED) is 0.818. The lowest BCUT2D eigenvalue weighted by Crippen LogP contribution is -2.24. The molecule has 1 aliphatic heterocycles. The molecule has 16 heavy (non-hydrogen) atoms. The molecule has 4 heteroatoms. The molecule has 2 aromatic rings. The Morgan fingerprint density at radius 2 is 2.19 bits per heavy atom. The van der Waals surface area contributed by atoms with E-state index in [-0.39, 0.29) is 0 Å². The smallest absolute Gasteiger partial charge is 0.0835 e. The molecular weight excluding hydrogens is 222 g/mol. The lowest BCUT2D eigenvalue weighted by molar-refractivity contribution is 0.614. The van der Waals surface area contributed by atoms with Gasteiger partial charge in [0.25, 0.3) is 0 Å². The highest BCUT2D eigenvalue weighted by Gasteiger charge is 2.16. The Hall–Kier alpha value is -1.32. The molecule has 82 valence electrons. The molecule has 0 amide bonds. The van der Waals surface area contributed by atoms with Gasteiger partial charge in [-0.2, -0.15) is 5.10 Å². The Kier molecular flexibility index (Phi) is 2.42. The molecule has 0 unspecified atom stereocenters. The molecule has 0 fully saturated rings. The first-order chi connectivity index (χ1) is 7.86. The third-order valence-electron chi connectivity index (χ3n) is 2.90. The lowest BCUT2D eigenvalue weighted by Gasteiger charge is -2.15. The highest BCUT2D eigenvalue weighted by molar-refractivity contribution is 6.32. The van der Waals surface area contributed by atoms with Gasteiger partial charge in [0.1, 0.15) is 0 Å². The fraction of sp³-hybridized carbons (Fsp3) is 0.250. The molecule has 2 heterocycles. The van der Waals surface area contributed by atoms with E-state index in [1.807, 2.05) is 35.1 Å². The summed E-state index contributed by atoms with van der Waals surface area (Å²) in [5.74, 6) is 0. The van der Waals surface area contributed by atoms with Crippen molar-refractivity contribution in [3.63, 3.8) is 0 Å². The summed E-state index contributed by atoms with van der Waals surface area (Å²) in [5, 5.41) is 8.51. The second-order valence-corrected chi connectivity index (χ2v) is 4.31. The zero-order chi connectivity index (χ0) is 11.0. The van der Waals surface area contributed by atoms with E-state index < -0.39 is 0 Å². The summed E-state index contributed by atoms with van der Waals surface area (Å²) in [4.78, 5) is 0. The van der Waals surface area contributed by atoms with Crippen LogP contribution in [0.15, 0.2) is 30.5 Å². The van der Waals surface area contributed by atoms with Gasteiger partial charge >= 0.3 is 0 Å². The van der Waals surface area contributed by atoms with E-state index in [1.165, 1.54) is 11.3 Å². The average molecular weight is 234 g/mol. The van der Waals surface area contributed by atoms with Crippen LogP contribution in [-0.2, 0) is 13.0 Å². The molecule has 0 spiro atoms. The molecule has 3 rings (SSSR count). The largest absolute Gasteiger partial charge is 0.311 e. The molecule has 3 nitrogen and oxygen atoms in total. The second kappa shape index (κ2) is 3.92. The highest BCUT2D eigenvalue weighted by Crippen LogP contribution is 2.23. The molecule has 0 aliphatic carbocycles. The van der Waals surface area contributed by atoms with Crippen LogP contribution in [0, 0.1) is 0 Å². The highest BCUT2D eigenvalue weighted by atomic mass is 35.5. The van der Waals surface area contributed by atoms with E-state index in [2.05, 4.69) is 10.4 Å². The Morgan fingerprint density at radius 3 is 3.06 bits per heavy atom. The van der Waals surface area contributed by atoms with Gasteiger partial charge in [0.2, 0.25) is 0 Å². The number of benzene rings is 1. The van der Waals surface area contributed by atoms with Gasteiger partial charge in [0.05, 0.1) is 22.6 Å². The predicted molar refractivity (Wildman–Crippen MR) is 64.0 cm³/mol. The van der Waals surface area contributed by atoms with E-state index in [0.717, 1.165) is 30.2 Å². The number of fused-ring (bicyclic) bond motifs is 1. The van der Waals surface area contributed by atoms with Gasteiger partial charge in [-0.25, -0.2) is 4.68 Å². The van der Waals surface area contributed by atoms with Crippen LogP contribution in [0.2, 0.25) is 5.02 Å². The van der Waals surface area contributed by atoms with Crippen LogP contribution in [0.3, 0.4) is 0 Å². The predicted octanol–water partition coefficient (Wildman–Crippen LogP) is 2.17. The molecule has 1 N–H and O–H groups in total. The number of para-hydroxylation sites is 1. The first kappa shape index (κ1) is 9.87. The van der Waals surface area contributed by atoms with Crippen LogP contribution in [0.4, 0.5) is 0 Å². The van der Waals surface area contributed by atoms with E-state index in [9.17, 15) is 0 Å². The normalized spacial score (nSPS) is 14.8. The summed E-state index contributed by atoms with van der Waals surface area (Å²) < 4.78 is 1.93. The lowest BCUT2D eigenvalue weighted by atomic mass is 10.1. The first-order valence-electron chi connectivity index (χ1n) is 5.37. The molecular formula is C12H12ClN3. The molecule has 0 saturated heterocycles. The summed E-state index contributed by atoms with van der Waals surface area (Å²) in [6, 6.07) is 7.79. The van der Waals surface area contributed by atoms with Crippen molar-refractivity contribution in [1.82, 2.24) is 15.1 Å². The summed E-state index contributed by atoms with van der Waals surface area (Å²) in [7, 11) is 0. The summed E-state index contributed by atoms with van der Waals surface area (Å²) in [5.41, 5.74) is 3.49. The maximum absolute atomic E-state index is 6.18. The number of nitrogens with one attached hydrogen (secondary N) is 1. The number of halogens is 1. The maximum Gasteiger partial charge on any atom is 0.0835 e. The van der Waals surface area contributed by atoms with E-state index >= 15 is 0 Å². The van der Waals surface area contributed by atoms with Crippen LogP contribution >= 0.6 is 11.6 Å². The summed E-state index contributed by atoms with van der Waals surface area (Å²) in [6.45, 7) is 1.89. The number of rotatable bonds is 1. The van der Waals surface area contributed by atoms with Gasteiger partial charge in [-0.1, -0.05) is 23.7 Å². The van der Waals surface area contributed by atoms with Crippen molar-refractivity contribution in [2.75, 3.05) is 6.54 Å². The van der Waals surface area contributed by atoms with Gasteiger partial charge in [-0.05, 0) is 30.7 Å². The standard InChI is InChI=1S/C12H12ClN3/c13-10-3-1-2-4-11(10)16-12-8-14-6-5-9(12)7-15-16/h1-4,7,14H,5-6,8H2. The second-order valence-electron chi connectivity index (χ2n) is 3.91. The van der Waals surface area contributed by atoms with E-state index in [1.54, 1.807) is 0 Å². The number of aromatic nitrogens is 2. The van der Waals surface area contributed by atoms with E-state index in [4.69, 9.17) is 11.6 Å². The maximum atomic E-state index is 6.18. The Morgan fingerprint density at radius 1 is 1.31 bits per heavy atom. The van der Waals surface area contributed by atoms with Gasteiger partial charge in [-0.3, -0.25) is 0 Å². The molecule has 0 atom stereocenters. The monoisotopic (exact) mass is 233 g/mol. The van der Waals surface area contributed by atoms with Crippen molar-refractivity contribution in [3.8, 4) is 5.69 Å². The van der Waals surface area contributed by atoms with Crippen LogP contribution in [0.5, 0.6) is 0 Å². The number of hydrogen-bond acceptors (Lipinski definition) is 2. The summed E-state index contributed by atoms with van der Waals surface area (Å²) >= 11 is 6.18. The van der Waals surface area contributed by atoms with Crippen LogP contribution in [0.1, 0.15) is 11.3 Å². The van der Waals surface area contributed by atoms with Crippen molar-refractivity contribution >= 4 is 11.6 Å². The third-order valence-corrected chi connectivity index (χ3v) is 3.22. The van der Waals surface area contributed by atoms with Gasteiger partial charge in [0, 0.05) is 6.54 Å². The fourth-order valence-electron chi connectivity index (χ4n) is 2.07. The van der Waals surface area contributed by atoms with Crippen molar-refractivity contribution < 1.29 is 0 Å². The third kappa shape index (κ3) is 1.52. The fourth-order valence-corrected chi connectivity index (χ4v) is 2.28. The van der Waals surface area contributed by atoms with Crippen LogP contribution in [0.25, 0.3) is 5.69 Å². The van der Waals surface area contributed by atoms with Crippen LogP contribution in [-0.4, -0.2) is 16.3 Å². The Bertz CT molecular complexity index is 519. The molecule has 0 radical (unpaired) electrons. The molecule has 0 bridgehead atoms. The van der Waals surface area contributed by atoms with Crippen molar-refractivity contribution in [1.29, 1.82) is 0 Å². The van der Waals surface area contributed by atoms with Crippen molar-refractivity contribution in [2.24, 2.45) is 0 Å². The molecule has 0 saturated carbocycles.